The zero-order valence-corrected chi connectivity index (χ0v) is 13.1. The molecule has 4 nitrogen and oxygen atoms in total. The zero-order valence-electron chi connectivity index (χ0n) is 13.1. The Morgan fingerprint density at radius 3 is 2.50 bits per heavy atom. The van der Waals surface area contributed by atoms with Crippen molar-refractivity contribution < 1.29 is 14.3 Å². The van der Waals surface area contributed by atoms with Crippen molar-refractivity contribution in [1.82, 2.24) is 4.90 Å². The number of carbonyl (C=O) groups is 1. The molecular weight excluding hydrogens is 254 g/mol. The fourth-order valence-corrected chi connectivity index (χ4v) is 2.16. The molecule has 1 aromatic rings. The van der Waals surface area contributed by atoms with Gasteiger partial charge in [0.15, 0.2) is 0 Å². The van der Waals surface area contributed by atoms with Gasteiger partial charge in [0.25, 0.3) is 0 Å². The van der Waals surface area contributed by atoms with Crippen LogP contribution in [0.3, 0.4) is 0 Å². The fraction of sp³-hybridized carbons (Fsp3) is 0.562. The number of rotatable bonds is 7. The van der Waals surface area contributed by atoms with Gasteiger partial charge in [0, 0.05) is 5.54 Å². The van der Waals surface area contributed by atoms with Crippen LogP contribution in [0.4, 0.5) is 0 Å². The van der Waals surface area contributed by atoms with Gasteiger partial charge in [-0.15, -0.1) is 0 Å². The lowest BCUT2D eigenvalue weighted by Gasteiger charge is -2.36. The summed E-state index contributed by atoms with van der Waals surface area (Å²) in [6, 6.07) is 7.90. The van der Waals surface area contributed by atoms with Gasteiger partial charge in [-0.05, 0) is 46.0 Å². The highest BCUT2D eigenvalue weighted by Gasteiger charge is 2.31. The summed E-state index contributed by atoms with van der Waals surface area (Å²) < 4.78 is 10.5. The van der Waals surface area contributed by atoms with Gasteiger partial charge in [-0.1, -0.05) is 18.2 Å². The largest absolute Gasteiger partial charge is 0.496 e. The summed E-state index contributed by atoms with van der Waals surface area (Å²) in [6.07, 6.45) is 1.08. The maximum Gasteiger partial charge on any atom is 0.307 e. The molecule has 112 valence electrons. The summed E-state index contributed by atoms with van der Waals surface area (Å²) in [6.45, 7) is 4.30. The Bertz CT molecular complexity index is 445. The van der Waals surface area contributed by atoms with Crippen molar-refractivity contribution in [1.29, 1.82) is 0 Å². The average Bonchev–Trinajstić information content (AvgIpc) is 2.39. The molecule has 0 amide bonds. The van der Waals surface area contributed by atoms with Crippen molar-refractivity contribution in [3.8, 4) is 5.75 Å². The molecule has 0 fully saturated rings. The van der Waals surface area contributed by atoms with Crippen molar-refractivity contribution in [2.24, 2.45) is 0 Å². The van der Waals surface area contributed by atoms with Crippen molar-refractivity contribution >= 4 is 5.97 Å². The van der Waals surface area contributed by atoms with E-state index in [9.17, 15) is 4.79 Å². The zero-order chi connectivity index (χ0) is 15.2. The topological polar surface area (TPSA) is 38.8 Å². The van der Waals surface area contributed by atoms with Gasteiger partial charge in [0.05, 0.1) is 20.1 Å². The molecule has 0 N–H and O–H groups in total. The second kappa shape index (κ2) is 7.29. The number of likely N-dealkylation sites (N-methyl/N-ethyl adjacent to an activating group) is 1. The van der Waals surface area contributed by atoms with Gasteiger partial charge in [-0.3, -0.25) is 4.79 Å². The monoisotopic (exact) mass is 279 g/mol. The molecule has 0 heterocycles. The summed E-state index contributed by atoms with van der Waals surface area (Å²) in [5, 5.41) is 0. The Kier molecular flexibility index (Phi) is 6.02. The van der Waals surface area contributed by atoms with Crippen LogP contribution in [0.5, 0.6) is 5.75 Å². The smallest absolute Gasteiger partial charge is 0.307 e. The van der Waals surface area contributed by atoms with Crippen LogP contribution in [-0.4, -0.2) is 44.2 Å². The SMILES string of the molecule is CCOC(=O)CC(C)(Cc1ccccc1OC)N(C)C. The van der Waals surface area contributed by atoms with Crippen molar-refractivity contribution in [2.75, 3.05) is 27.8 Å². The number of ether oxygens (including phenoxy) is 2. The summed E-state index contributed by atoms with van der Waals surface area (Å²) in [5.74, 6) is 0.683. The molecule has 0 saturated carbocycles. The van der Waals surface area contributed by atoms with Gasteiger partial charge >= 0.3 is 5.97 Å². The maximum atomic E-state index is 11.8. The van der Waals surface area contributed by atoms with E-state index in [1.807, 2.05) is 45.3 Å². The molecule has 0 aliphatic heterocycles. The van der Waals surface area contributed by atoms with Crippen molar-refractivity contribution in [3.05, 3.63) is 29.8 Å². The van der Waals surface area contributed by atoms with E-state index in [0.717, 1.165) is 17.7 Å². The summed E-state index contributed by atoms with van der Waals surface area (Å²) in [5.41, 5.74) is 0.788. The number of para-hydroxylation sites is 1. The molecule has 0 saturated heterocycles. The van der Waals surface area contributed by atoms with Gasteiger partial charge in [0.2, 0.25) is 0 Å². The number of benzene rings is 1. The second-order valence-corrected chi connectivity index (χ2v) is 5.36. The third-order valence-electron chi connectivity index (χ3n) is 3.67. The van der Waals surface area contributed by atoms with Crippen molar-refractivity contribution in [3.63, 3.8) is 0 Å². The van der Waals surface area contributed by atoms with E-state index in [4.69, 9.17) is 9.47 Å². The highest BCUT2D eigenvalue weighted by molar-refractivity contribution is 5.71. The van der Waals surface area contributed by atoms with Crippen molar-refractivity contribution in [2.45, 2.75) is 32.2 Å². The molecule has 1 aromatic carbocycles. The number of nitrogens with zero attached hydrogens (tertiary/aromatic N) is 1. The predicted octanol–water partition coefficient (Wildman–Crippen LogP) is 2.51. The van der Waals surface area contributed by atoms with Crippen LogP contribution < -0.4 is 4.74 Å². The molecule has 0 radical (unpaired) electrons. The molecule has 0 aliphatic rings. The summed E-state index contributed by atoms with van der Waals surface area (Å²) >= 11 is 0. The fourth-order valence-electron chi connectivity index (χ4n) is 2.16. The lowest BCUT2D eigenvalue weighted by atomic mass is 9.88. The Labute approximate surface area is 121 Å². The highest BCUT2D eigenvalue weighted by Crippen LogP contribution is 2.28. The van der Waals surface area contributed by atoms with Gasteiger partial charge in [-0.2, -0.15) is 0 Å². The molecule has 0 aliphatic carbocycles. The number of carbonyl (C=O) groups excluding carboxylic acids is 1. The maximum absolute atomic E-state index is 11.8. The highest BCUT2D eigenvalue weighted by atomic mass is 16.5. The number of esters is 1. The van der Waals surface area contributed by atoms with E-state index in [1.54, 1.807) is 7.11 Å². The molecule has 20 heavy (non-hydrogen) atoms. The first-order chi connectivity index (χ1) is 9.42. The molecule has 1 unspecified atom stereocenters. The van der Waals surface area contributed by atoms with E-state index in [2.05, 4.69) is 11.8 Å². The standard InChI is InChI=1S/C16H25NO3/c1-6-20-15(18)12-16(2,17(3)4)11-13-9-7-8-10-14(13)19-5/h7-10H,6,11-12H2,1-5H3. The minimum absolute atomic E-state index is 0.168. The van der Waals surface area contributed by atoms with Crippen LogP contribution in [-0.2, 0) is 16.0 Å². The third kappa shape index (κ3) is 4.23. The van der Waals surface area contributed by atoms with Crippen LogP contribution >= 0.6 is 0 Å². The molecule has 0 bridgehead atoms. The molecule has 4 heteroatoms. The van der Waals surface area contributed by atoms with Crippen LogP contribution in [0.2, 0.25) is 0 Å². The van der Waals surface area contributed by atoms with Gasteiger partial charge in [0.1, 0.15) is 5.75 Å². The summed E-state index contributed by atoms with van der Waals surface area (Å²) in [4.78, 5) is 13.9. The van der Waals surface area contributed by atoms with E-state index >= 15 is 0 Å². The molecule has 0 spiro atoms. The quantitative estimate of drug-likeness (QED) is 0.719. The van der Waals surface area contributed by atoms with E-state index in [0.29, 0.717) is 13.0 Å². The second-order valence-electron chi connectivity index (χ2n) is 5.36. The predicted molar refractivity (Wildman–Crippen MR) is 80.0 cm³/mol. The summed E-state index contributed by atoms with van der Waals surface area (Å²) in [7, 11) is 5.63. The lowest BCUT2D eigenvalue weighted by Crippen LogP contribution is -2.45. The Balaban J connectivity index is 2.93. The molecule has 1 atom stereocenters. The first kappa shape index (κ1) is 16.5. The van der Waals surface area contributed by atoms with Gasteiger partial charge < -0.3 is 14.4 Å². The first-order valence-electron chi connectivity index (χ1n) is 6.88. The average molecular weight is 279 g/mol. The number of methoxy groups -OCH3 is 1. The number of hydrogen-bond donors (Lipinski definition) is 0. The van der Waals surface area contributed by atoms with Crippen LogP contribution in [0.25, 0.3) is 0 Å². The van der Waals surface area contributed by atoms with E-state index < -0.39 is 0 Å². The lowest BCUT2D eigenvalue weighted by molar-refractivity contribution is -0.145. The number of hydrogen-bond acceptors (Lipinski definition) is 4. The third-order valence-corrected chi connectivity index (χ3v) is 3.67. The van der Waals surface area contributed by atoms with E-state index in [1.165, 1.54) is 0 Å². The van der Waals surface area contributed by atoms with Crippen LogP contribution in [0, 0.1) is 0 Å². The Morgan fingerprint density at radius 2 is 1.95 bits per heavy atom. The first-order valence-corrected chi connectivity index (χ1v) is 6.88. The van der Waals surface area contributed by atoms with E-state index in [-0.39, 0.29) is 11.5 Å². The minimum atomic E-state index is -0.305. The Hall–Kier alpha value is -1.55. The van der Waals surface area contributed by atoms with Gasteiger partial charge in [-0.25, -0.2) is 0 Å². The molecule has 1 rings (SSSR count). The van der Waals surface area contributed by atoms with Crippen LogP contribution in [0.15, 0.2) is 24.3 Å². The molecule has 0 aromatic heterocycles. The Morgan fingerprint density at radius 1 is 1.30 bits per heavy atom. The normalized spacial score (nSPS) is 13.9. The minimum Gasteiger partial charge on any atom is -0.496 e. The molecular formula is C16H25NO3. The van der Waals surface area contributed by atoms with Crippen LogP contribution in [0.1, 0.15) is 25.8 Å².